The zero-order valence-electron chi connectivity index (χ0n) is 11.7. The number of hydrogen-bond acceptors (Lipinski definition) is 4. The van der Waals surface area contributed by atoms with Gasteiger partial charge in [0.05, 0.1) is 10.9 Å². The van der Waals surface area contributed by atoms with Crippen LogP contribution in [0.25, 0.3) is 22.1 Å². The number of aromatic hydroxyl groups is 2. The lowest BCUT2D eigenvalue weighted by molar-refractivity contribution is -0.152. The molecule has 0 radical (unpaired) electrons. The Morgan fingerprint density at radius 1 is 1.04 bits per heavy atom. The summed E-state index contributed by atoms with van der Waals surface area (Å²) in [6.45, 7) is 0. The van der Waals surface area contributed by atoms with Gasteiger partial charge in [-0.25, -0.2) is 0 Å². The number of phenols is 2. The van der Waals surface area contributed by atoms with Crippen molar-refractivity contribution < 1.29 is 27.8 Å². The Hall–Kier alpha value is -2.67. The van der Waals surface area contributed by atoms with Gasteiger partial charge >= 0.3 is 6.18 Å². The first kappa shape index (κ1) is 16.2. The fraction of sp³-hybridized carbons (Fsp3) is 0.0625. The average molecular weight is 357 g/mol. The highest BCUT2D eigenvalue weighted by atomic mass is 35.5. The Kier molecular flexibility index (Phi) is 3.68. The molecule has 0 amide bonds. The maximum Gasteiger partial charge on any atom is 0.450 e. The highest BCUT2D eigenvalue weighted by Gasteiger charge is 2.40. The summed E-state index contributed by atoms with van der Waals surface area (Å²) < 4.78 is 44.9. The van der Waals surface area contributed by atoms with Gasteiger partial charge in [0, 0.05) is 10.6 Å². The van der Waals surface area contributed by atoms with Crippen LogP contribution in [-0.4, -0.2) is 10.2 Å². The van der Waals surface area contributed by atoms with E-state index in [2.05, 4.69) is 0 Å². The zero-order valence-corrected chi connectivity index (χ0v) is 12.4. The Balaban J connectivity index is 2.54. The van der Waals surface area contributed by atoms with E-state index in [1.807, 2.05) is 0 Å². The third-order valence-corrected chi connectivity index (χ3v) is 3.74. The molecule has 0 aliphatic rings. The van der Waals surface area contributed by atoms with Crippen LogP contribution < -0.4 is 5.43 Å². The van der Waals surface area contributed by atoms with Crippen LogP contribution >= 0.6 is 11.6 Å². The smallest absolute Gasteiger partial charge is 0.450 e. The van der Waals surface area contributed by atoms with Gasteiger partial charge in [-0.2, -0.15) is 13.2 Å². The molecule has 0 unspecified atom stereocenters. The molecule has 2 N–H and O–H groups in total. The maximum absolute atomic E-state index is 13.4. The number of alkyl halides is 3. The van der Waals surface area contributed by atoms with Crippen molar-refractivity contribution in [1.29, 1.82) is 0 Å². The molecule has 1 heterocycles. The first-order chi connectivity index (χ1) is 11.2. The van der Waals surface area contributed by atoms with Gasteiger partial charge in [-0.15, -0.1) is 0 Å². The molecule has 0 atom stereocenters. The third-order valence-electron chi connectivity index (χ3n) is 3.41. The molecular formula is C16H8ClF3O4. The summed E-state index contributed by atoms with van der Waals surface area (Å²) in [5, 5.41) is 18.8. The van der Waals surface area contributed by atoms with E-state index in [1.165, 1.54) is 24.3 Å². The Labute approximate surface area is 137 Å². The van der Waals surface area contributed by atoms with Gasteiger partial charge in [0.2, 0.25) is 16.9 Å². The average Bonchev–Trinajstić information content (AvgIpc) is 2.51. The van der Waals surface area contributed by atoms with Crippen molar-refractivity contribution >= 4 is 22.6 Å². The zero-order chi connectivity index (χ0) is 17.6. The van der Waals surface area contributed by atoms with E-state index in [-0.39, 0.29) is 16.0 Å². The van der Waals surface area contributed by atoms with Crippen molar-refractivity contribution in [2.45, 2.75) is 6.18 Å². The monoisotopic (exact) mass is 356 g/mol. The first-order valence-corrected chi connectivity index (χ1v) is 6.93. The normalized spacial score (nSPS) is 11.8. The van der Waals surface area contributed by atoms with Crippen LogP contribution in [-0.2, 0) is 6.18 Å². The van der Waals surface area contributed by atoms with Gasteiger partial charge in [-0.1, -0.05) is 29.8 Å². The van der Waals surface area contributed by atoms with Crippen LogP contribution in [0.4, 0.5) is 13.2 Å². The number of benzene rings is 2. The lowest BCUT2D eigenvalue weighted by Gasteiger charge is -2.14. The standard InChI is InChI=1S/C16H8ClF3O4/c17-9-4-2-1-3-7(9)11-12(22)8-5-6-10(21)13(23)14(8)24-15(11)16(18,19)20/h1-6,21,23H. The van der Waals surface area contributed by atoms with Crippen LogP contribution in [0.1, 0.15) is 5.76 Å². The van der Waals surface area contributed by atoms with Crippen LogP contribution in [0.5, 0.6) is 11.5 Å². The predicted octanol–water partition coefficient (Wildman–Crippen LogP) is 4.54. The largest absolute Gasteiger partial charge is 0.504 e. The minimum absolute atomic E-state index is 0.0577. The molecular weight excluding hydrogens is 349 g/mol. The van der Waals surface area contributed by atoms with Crippen LogP contribution in [0, 0.1) is 0 Å². The molecule has 0 spiro atoms. The summed E-state index contributed by atoms with van der Waals surface area (Å²) in [4.78, 5) is 12.6. The van der Waals surface area contributed by atoms with Gasteiger partial charge in [0.1, 0.15) is 0 Å². The molecule has 0 aliphatic heterocycles. The van der Waals surface area contributed by atoms with Crippen molar-refractivity contribution in [2.24, 2.45) is 0 Å². The van der Waals surface area contributed by atoms with Crippen molar-refractivity contribution in [1.82, 2.24) is 0 Å². The van der Waals surface area contributed by atoms with Gasteiger partial charge < -0.3 is 14.6 Å². The summed E-state index contributed by atoms with van der Waals surface area (Å²) in [6, 6.07) is 7.59. The Bertz CT molecular complexity index is 1010. The van der Waals surface area contributed by atoms with Gasteiger partial charge in [-0.3, -0.25) is 4.79 Å². The number of fused-ring (bicyclic) bond motifs is 1. The number of phenolic OH excluding ortho intramolecular Hbond substituents is 2. The molecule has 0 saturated heterocycles. The number of hydrogen-bond donors (Lipinski definition) is 2. The summed E-state index contributed by atoms with van der Waals surface area (Å²) >= 11 is 5.92. The highest BCUT2D eigenvalue weighted by molar-refractivity contribution is 6.33. The van der Waals surface area contributed by atoms with E-state index in [4.69, 9.17) is 16.0 Å². The molecule has 8 heteroatoms. The molecule has 0 aliphatic carbocycles. The van der Waals surface area contributed by atoms with E-state index in [0.29, 0.717) is 0 Å². The lowest BCUT2D eigenvalue weighted by atomic mass is 10.0. The quantitative estimate of drug-likeness (QED) is 0.628. The molecule has 124 valence electrons. The fourth-order valence-corrected chi connectivity index (χ4v) is 2.57. The van der Waals surface area contributed by atoms with Crippen molar-refractivity contribution in [3.8, 4) is 22.6 Å². The molecule has 3 rings (SSSR count). The van der Waals surface area contributed by atoms with Crippen LogP contribution in [0.2, 0.25) is 5.02 Å². The molecule has 2 aromatic carbocycles. The summed E-state index contributed by atoms with van der Waals surface area (Å²) in [5.74, 6) is -3.25. The summed E-state index contributed by atoms with van der Waals surface area (Å²) in [7, 11) is 0. The maximum atomic E-state index is 13.4. The third kappa shape index (κ3) is 2.46. The lowest BCUT2D eigenvalue weighted by Crippen LogP contribution is -2.16. The van der Waals surface area contributed by atoms with Crippen LogP contribution in [0.3, 0.4) is 0 Å². The second kappa shape index (κ2) is 5.45. The van der Waals surface area contributed by atoms with E-state index >= 15 is 0 Å². The number of rotatable bonds is 1. The second-order valence-electron chi connectivity index (χ2n) is 4.92. The minimum atomic E-state index is -5.01. The Morgan fingerprint density at radius 3 is 2.33 bits per heavy atom. The predicted molar refractivity (Wildman–Crippen MR) is 81.3 cm³/mol. The number of halogens is 4. The van der Waals surface area contributed by atoms with Crippen molar-refractivity contribution in [3.05, 3.63) is 57.4 Å². The SMILES string of the molecule is O=c1c(-c2ccccc2Cl)c(C(F)(F)F)oc2c(O)c(O)ccc12. The van der Waals surface area contributed by atoms with E-state index in [0.717, 1.165) is 12.1 Å². The van der Waals surface area contributed by atoms with E-state index in [1.54, 1.807) is 0 Å². The van der Waals surface area contributed by atoms with Crippen LogP contribution in [0.15, 0.2) is 45.6 Å². The fourth-order valence-electron chi connectivity index (χ4n) is 2.34. The Morgan fingerprint density at radius 2 is 1.71 bits per heavy atom. The van der Waals surface area contributed by atoms with Gasteiger partial charge in [-0.05, 0) is 18.2 Å². The van der Waals surface area contributed by atoms with Gasteiger partial charge in [0.15, 0.2) is 11.3 Å². The summed E-state index contributed by atoms with van der Waals surface area (Å²) in [6.07, 6.45) is -5.01. The first-order valence-electron chi connectivity index (χ1n) is 6.55. The molecule has 4 nitrogen and oxygen atoms in total. The molecule has 0 saturated carbocycles. The molecule has 24 heavy (non-hydrogen) atoms. The minimum Gasteiger partial charge on any atom is -0.504 e. The summed E-state index contributed by atoms with van der Waals surface area (Å²) in [5.41, 5.74) is -2.67. The topological polar surface area (TPSA) is 70.7 Å². The molecule has 0 bridgehead atoms. The van der Waals surface area contributed by atoms with E-state index in [9.17, 15) is 28.2 Å². The van der Waals surface area contributed by atoms with Crippen molar-refractivity contribution in [3.63, 3.8) is 0 Å². The van der Waals surface area contributed by atoms with Gasteiger partial charge in [0.25, 0.3) is 0 Å². The molecule has 3 aromatic rings. The molecule has 0 fully saturated rings. The van der Waals surface area contributed by atoms with Crippen molar-refractivity contribution in [2.75, 3.05) is 0 Å². The van der Waals surface area contributed by atoms with E-state index < -0.39 is 40.0 Å². The highest BCUT2D eigenvalue weighted by Crippen LogP contribution is 2.42. The second-order valence-corrected chi connectivity index (χ2v) is 5.33. The molecule has 1 aromatic heterocycles.